The van der Waals surface area contributed by atoms with Gasteiger partial charge in [-0.05, 0) is 39.6 Å². The normalized spacial score (nSPS) is 14.4. The van der Waals surface area contributed by atoms with E-state index >= 15 is 0 Å². The van der Waals surface area contributed by atoms with Crippen molar-refractivity contribution in [3.05, 3.63) is 24.3 Å². The summed E-state index contributed by atoms with van der Waals surface area (Å²) < 4.78 is 0. The quantitative estimate of drug-likeness (QED) is 0.503. The molecule has 0 aliphatic carbocycles. The summed E-state index contributed by atoms with van der Waals surface area (Å²) in [5, 5.41) is 0.646. The zero-order chi connectivity index (χ0) is 9.40. The molecule has 0 amide bonds. The molecule has 0 N–H and O–H groups in total. The van der Waals surface area contributed by atoms with E-state index in [4.69, 9.17) is 0 Å². The molecule has 0 aliphatic rings. The van der Waals surface area contributed by atoms with Gasteiger partial charge in [-0.25, -0.2) is 0 Å². The fourth-order valence-electron chi connectivity index (χ4n) is 1.11. The highest BCUT2D eigenvalue weighted by Gasteiger charge is 2.08. The summed E-state index contributed by atoms with van der Waals surface area (Å²) in [4.78, 5) is 0. The molecule has 0 aromatic heterocycles. The number of hydrogen-bond donors (Lipinski definition) is 0. The van der Waals surface area contributed by atoms with Crippen LogP contribution in [0.3, 0.4) is 0 Å². The van der Waals surface area contributed by atoms with Crippen molar-refractivity contribution in [1.29, 1.82) is 0 Å². The maximum absolute atomic E-state index is 3.85. The van der Waals surface area contributed by atoms with E-state index in [1.807, 2.05) is 15.0 Å². The van der Waals surface area contributed by atoms with E-state index in [1.54, 1.807) is 0 Å². The van der Waals surface area contributed by atoms with Crippen LogP contribution in [0.25, 0.3) is 0 Å². The summed E-state index contributed by atoms with van der Waals surface area (Å²) in [6.07, 6.45) is 7.88. The summed E-state index contributed by atoms with van der Waals surface area (Å²) >= 11 is 2.38. The molecule has 1 atom stereocenters. The van der Waals surface area contributed by atoms with Crippen molar-refractivity contribution < 1.29 is 0 Å². The van der Waals surface area contributed by atoms with Gasteiger partial charge in [-0.15, -0.1) is 0 Å². The second-order valence-corrected chi connectivity index (χ2v) is 4.96. The van der Waals surface area contributed by atoms with Gasteiger partial charge >= 0.3 is 0 Å². The van der Waals surface area contributed by atoms with Crippen LogP contribution in [-0.4, -0.2) is 5.25 Å². The Hall–Kier alpha value is 0.560. The molecule has 0 fully saturated rings. The third-order valence-corrected chi connectivity index (χ3v) is 4.27. The SMILES string of the molecule is C=C/C(=C\CC)C(CCC)SI. The first-order valence-electron chi connectivity index (χ1n) is 4.39. The standard InChI is InChI=1S/C10H17IS/c1-4-7-9(6-3)10(12-11)8-5-2/h6-7,10H,3-5,8H2,1-2H3/b9-7+. The van der Waals surface area contributed by atoms with Crippen LogP contribution in [-0.2, 0) is 0 Å². The van der Waals surface area contributed by atoms with Gasteiger partial charge in [0.2, 0.25) is 0 Å². The van der Waals surface area contributed by atoms with E-state index in [-0.39, 0.29) is 0 Å². The van der Waals surface area contributed by atoms with Crippen molar-refractivity contribution in [2.75, 3.05) is 0 Å². The lowest BCUT2D eigenvalue weighted by molar-refractivity contribution is 0.812. The molecule has 0 aliphatic heterocycles. The molecule has 0 aromatic rings. The van der Waals surface area contributed by atoms with Crippen molar-refractivity contribution in [2.24, 2.45) is 0 Å². The lowest BCUT2D eigenvalue weighted by Gasteiger charge is -2.12. The summed E-state index contributed by atoms with van der Waals surface area (Å²) in [5.74, 6) is 0. The van der Waals surface area contributed by atoms with Gasteiger partial charge in [0.05, 0.1) is 0 Å². The minimum absolute atomic E-state index is 0.646. The first-order chi connectivity index (χ1) is 5.79. The Morgan fingerprint density at radius 1 is 1.58 bits per heavy atom. The molecular formula is C10H17IS. The molecule has 2 heteroatoms. The van der Waals surface area contributed by atoms with Crippen LogP contribution in [0.4, 0.5) is 0 Å². The molecule has 0 nitrogen and oxygen atoms in total. The Morgan fingerprint density at radius 2 is 2.25 bits per heavy atom. The van der Waals surface area contributed by atoms with Gasteiger partial charge in [-0.1, -0.05) is 47.9 Å². The second kappa shape index (κ2) is 8.17. The molecule has 0 aromatic carbocycles. The summed E-state index contributed by atoms with van der Waals surface area (Å²) in [7, 11) is 1.90. The average molecular weight is 296 g/mol. The van der Waals surface area contributed by atoms with Crippen LogP contribution in [0.1, 0.15) is 33.1 Å². The summed E-state index contributed by atoms with van der Waals surface area (Å²) in [6, 6.07) is 0. The highest BCUT2D eigenvalue weighted by molar-refractivity contribution is 14.2. The third kappa shape index (κ3) is 4.55. The molecule has 0 bridgehead atoms. The monoisotopic (exact) mass is 296 g/mol. The van der Waals surface area contributed by atoms with E-state index < -0.39 is 0 Å². The highest BCUT2D eigenvalue weighted by atomic mass is 127. The molecule has 0 saturated heterocycles. The number of hydrogen-bond acceptors (Lipinski definition) is 1. The van der Waals surface area contributed by atoms with Crippen LogP contribution in [0.15, 0.2) is 24.3 Å². The van der Waals surface area contributed by atoms with E-state index in [1.165, 1.54) is 18.4 Å². The van der Waals surface area contributed by atoms with Crippen molar-refractivity contribution >= 4 is 30.1 Å². The third-order valence-electron chi connectivity index (χ3n) is 1.71. The minimum atomic E-state index is 0.646. The van der Waals surface area contributed by atoms with Gasteiger partial charge in [0.25, 0.3) is 0 Å². The van der Waals surface area contributed by atoms with Gasteiger partial charge in [-0.2, -0.15) is 0 Å². The molecule has 0 heterocycles. The predicted molar refractivity (Wildman–Crippen MR) is 68.9 cm³/mol. The fourth-order valence-corrected chi connectivity index (χ4v) is 3.37. The van der Waals surface area contributed by atoms with Crippen LogP contribution in [0, 0.1) is 0 Å². The van der Waals surface area contributed by atoms with E-state index in [0.29, 0.717) is 5.25 Å². The molecule has 1 unspecified atom stereocenters. The number of halogens is 1. The van der Waals surface area contributed by atoms with Crippen molar-refractivity contribution in [3.8, 4) is 0 Å². The Bertz CT molecular complexity index is 152. The van der Waals surface area contributed by atoms with Gasteiger partial charge in [0.15, 0.2) is 0 Å². The Morgan fingerprint density at radius 3 is 2.58 bits per heavy atom. The van der Waals surface area contributed by atoms with Crippen LogP contribution < -0.4 is 0 Å². The van der Waals surface area contributed by atoms with E-state index in [0.717, 1.165) is 6.42 Å². The first kappa shape index (κ1) is 12.6. The number of rotatable bonds is 6. The lowest BCUT2D eigenvalue weighted by Crippen LogP contribution is -2.02. The maximum atomic E-state index is 3.85. The molecule has 0 spiro atoms. The zero-order valence-electron chi connectivity index (χ0n) is 7.85. The van der Waals surface area contributed by atoms with Crippen LogP contribution in [0.2, 0.25) is 0 Å². The van der Waals surface area contributed by atoms with E-state index in [9.17, 15) is 0 Å². The predicted octanol–water partition coefficient (Wildman–Crippen LogP) is 4.76. The van der Waals surface area contributed by atoms with Crippen LogP contribution in [0.5, 0.6) is 0 Å². The largest absolute Gasteiger partial charge is 0.0988 e. The molecule has 12 heavy (non-hydrogen) atoms. The van der Waals surface area contributed by atoms with Gasteiger partial charge < -0.3 is 0 Å². The average Bonchev–Trinajstić information content (AvgIpc) is 2.11. The molecular weight excluding hydrogens is 279 g/mol. The maximum Gasteiger partial charge on any atom is 0.0394 e. The van der Waals surface area contributed by atoms with E-state index in [2.05, 4.69) is 47.7 Å². The highest BCUT2D eigenvalue weighted by Crippen LogP contribution is 2.30. The zero-order valence-corrected chi connectivity index (χ0v) is 10.8. The molecule has 0 radical (unpaired) electrons. The van der Waals surface area contributed by atoms with Gasteiger partial charge in [-0.3, -0.25) is 0 Å². The minimum Gasteiger partial charge on any atom is -0.0988 e. The fraction of sp³-hybridized carbons (Fsp3) is 0.600. The number of allylic oxidation sites excluding steroid dienone is 2. The lowest BCUT2D eigenvalue weighted by atomic mass is 10.1. The topological polar surface area (TPSA) is 0 Å². The van der Waals surface area contributed by atoms with Gasteiger partial charge in [0, 0.05) is 5.25 Å². The molecule has 0 rings (SSSR count). The van der Waals surface area contributed by atoms with Crippen molar-refractivity contribution in [2.45, 2.75) is 38.4 Å². The molecule has 70 valence electrons. The summed E-state index contributed by atoms with van der Waals surface area (Å²) in [5.41, 5.74) is 1.40. The van der Waals surface area contributed by atoms with Crippen molar-refractivity contribution in [3.63, 3.8) is 0 Å². The Labute approximate surface area is 92.5 Å². The van der Waals surface area contributed by atoms with Crippen LogP contribution >= 0.6 is 30.1 Å². The molecule has 0 saturated carbocycles. The van der Waals surface area contributed by atoms with Crippen molar-refractivity contribution in [1.82, 2.24) is 0 Å². The Balaban J connectivity index is 4.22. The summed E-state index contributed by atoms with van der Waals surface area (Å²) in [6.45, 7) is 8.25. The second-order valence-electron chi connectivity index (χ2n) is 2.68. The Kier molecular flexibility index (Phi) is 8.55. The first-order valence-corrected chi connectivity index (χ1v) is 7.82. The smallest absolute Gasteiger partial charge is 0.0394 e. The van der Waals surface area contributed by atoms with Gasteiger partial charge in [0.1, 0.15) is 0 Å².